The van der Waals surface area contributed by atoms with Crippen molar-refractivity contribution in [1.29, 1.82) is 0 Å². The molecule has 0 unspecified atom stereocenters. The Kier molecular flexibility index (Phi) is 5.34. The van der Waals surface area contributed by atoms with Gasteiger partial charge in [0.15, 0.2) is 0 Å². The summed E-state index contributed by atoms with van der Waals surface area (Å²) in [5.74, 6) is 1.83. The Balaban J connectivity index is 1.64. The van der Waals surface area contributed by atoms with Gasteiger partial charge < -0.3 is 14.8 Å². The van der Waals surface area contributed by atoms with Gasteiger partial charge in [0.1, 0.15) is 11.5 Å². The van der Waals surface area contributed by atoms with Crippen molar-refractivity contribution >= 4 is 10.8 Å². The van der Waals surface area contributed by atoms with E-state index in [-0.39, 0.29) is 0 Å². The van der Waals surface area contributed by atoms with Gasteiger partial charge in [-0.1, -0.05) is 42.5 Å². The zero-order valence-electron chi connectivity index (χ0n) is 14.2. The van der Waals surface area contributed by atoms with E-state index < -0.39 is 0 Å². The van der Waals surface area contributed by atoms with Gasteiger partial charge >= 0.3 is 0 Å². The highest BCUT2D eigenvalue weighted by atomic mass is 16.5. The van der Waals surface area contributed by atoms with Gasteiger partial charge in [-0.05, 0) is 47.5 Å². The van der Waals surface area contributed by atoms with Gasteiger partial charge in [-0.15, -0.1) is 0 Å². The Hall–Kier alpha value is -2.52. The number of fused-ring (bicyclic) bond motifs is 1. The standard InChI is InChI=1S/C21H23NO2/c1-23-18-10-7-16(8-11-18)13-14-22-15-20-19-6-4-3-5-17(19)9-12-21(20)24-2/h3-12,22H,13-15H2,1-2H3. The molecule has 3 aromatic rings. The van der Waals surface area contributed by atoms with E-state index in [0.29, 0.717) is 0 Å². The van der Waals surface area contributed by atoms with Crippen molar-refractivity contribution in [3.8, 4) is 11.5 Å². The van der Waals surface area contributed by atoms with Gasteiger partial charge in [-0.25, -0.2) is 0 Å². The van der Waals surface area contributed by atoms with Crippen LogP contribution in [0, 0.1) is 0 Å². The molecule has 0 radical (unpaired) electrons. The summed E-state index contributed by atoms with van der Waals surface area (Å²) >= 11 is 0. The summed E-state index contributed by atoms with van der Waals surface area (Å²) in [6.45, 7) is 1.71. The van der Waals surface area contributed by atoms with Crippen LogP contribution in [0.1, 0.15) is 11.1 Å². The predicted molar refractivity (Wildman–Crippen MR) is 98.9 cm³/mol. The summed E-state index contributed by atoms with van der Waals surface area (Å²) in [6.07, 6.45) is 0.983. The Bertz CT molecular complexity index is 797. The molecule has 0 aliphatic rings. The minimum Gasteiger partial charge on any atom is -0.497 e. The van der Waals surface area contributed by atoms with Crippen molar-refractivity contribution in [2.75, 3.05) is 20.8 Å². The van der Waals surface area contributed by atoms with Gasteiger partial charge in [0, 0.05) is 12.1 Å². The van der Waals surface area contributed by atoms with Crippen molar-refractivity contribution in [1.82, 2.24) is 5.32 Å². The minimum absolute atomic E-state index is 0.792. The topological polar surface area (TPSA) is 30.5 Å². The molecule has 0 aliphatic carbocycles. The third-order valence-electron chi connectivity index (χ3n) is 4.27. The molecular formula is C21H23NO2. The molecule has 124 valence electrons. The summed E-state index contributed by atoms with van der Waals surface area (Å²) in [6, 6.07) is 20.8. The number of hydrogen-bond donors (Lipinski definition) is 1. The van der Waals surface area contributed by atoms with Crippen LogP contribution in [0.4, 0.5) is 0 Å². The lowest BCUT2D eigenvalue weighted by atomic mass is 10.0. The van der Waals surface area contributed by atoms with Crippen LogP contribution in [0.5, 0.6) is 11.5 Å². The van der Waals surface area contributed by atoms with E-state index in [9.17, 15) is 0 Å². The molecule has 0 heterocycles. The fraction of sp³-hybridized carbons (Fsp3) is 0.238. The largest absolute Gasteiger partial charge is 0.497 e. The van der Waals surface area contributed by atoms with Crippen LogP contribution in [-0.4, -0.2) is 20.8 Å². The van der Waals surface area contributed by atoms with Gasteiger partial charge in [0.25, 0.3) is 0 Å². The molecule has 24 heavy (non-hydrogen) atoms. The molecule has 0 saturated carbocycles. The van der Waals surface area contributed by atoms with Crippen LogP contribution >= 0.6 is 0 Å². The molecule has 1 N–H and O–H groups in total. The highest BCUT2D eigenvalue weighted by Gasteiger charge is 2.07. The van der Waals surface area contributed by atoms with Crippen molar-refractivity contribution in [3.05, 3.63) is 71.8 Å². The molecule has 3 aromatic carbocycles. The lowest BCUT2D eigenvalue weighted by Crippen LogP contribution is -2.17. The number of ether oxygens (including phenoxy) is 2. The lowest BCUT2D eigenvalue weighted by molar-refractivity contribution is 0.409. The number of benzene rings is 3. The molecule has 0 aliphatic heterocycles. The fourth-order valence-corrected chi connectivity index (χ4v) is 2.93. The van der Waals surface area contributed by atoms with Crippen LogP contribution in [0.15, 0.2) is 60.7 Å². The average molecular weight is 321 g/mol. The first-order valence-electron chi connectivity index (χ1n) is 8.20. The molecular weight excluding hydrogens is 298 g/mol. The van der Waals surface area contributed by atoms with E-state index in [1.165, 1.54) is 21.9 Å². The molecule has 3 rings (SSSR count). The second-order valence-corrected chi connectivity index (χ2v) is 5.74. The summed E-state index contributed by atoms with van der Waals surface area (Å²) in [7, 11) is 3.42. The van der Waals surface area contributed by atoms with Crippen molar-refractivity contribution in [2.45, 2.75) is 13.0 Å². The van der Waals surface area contributed by atoms with E-state index >= 15 is 0 Å². The molecule has 0 aromatic heterocycles. The van der Waals surface area contributed by atoms with Gasteiger partial charge in [0.05, 0.1) is 14.2 Å². The quantitative estimate of drug-likeness (QED) is 0.662. The maximum atomic E-state index is 5.54. The smallest absolute Gasteiger partial charge is 0.123 e. The van der Waals surface area contributed by atoms with Gasteiger partial charge in [0.2, 0.25) is 0 Å². The SMILES string of the molecule is COc1ccc(CCNCc2c(OC)ccc3ccccc23)cc1. The zero-order valence-corrected chi connectivity index (χ0v) is 14.2. The Morgan fingerprint density at radius 2 is 1.62 bits per heavy atom. The summed E-state index contributed by atoms with van der Waals surface area (Å²) in [5, 5.41) is 6.02. The second-order valence-electron chi connectivity index (χ2n) is 5.74. The summed E-state index contributed by atoms with van der Waals surface area (Å²) in [4.78, 5) is 0. The molecule has 0 saturated heterocycles. The Morgan fingerprint density at radius 1 is 0.833 bits per heavy atom. The highest BCUT2D eigenvalue weighted by molar-refractivity contribution is 5.87. The van der Waals surface area contributed by atoms with E-state index in [0.717, 1.165) is 31.0 Å². The molecule has 3 nitrogen and oxygen atoms in total. The highest BCUT2D eigenvalue weighted by Crippen LogP contribution is 2.27. The third-order valence-corrected chi connectivity index (χ3v) is 4.27. The van der Waals surface area contributed by atoms with Crippen LogP contribution in [0.25, 0.3) is 10.8 Å². The lowest BCUT2D eigenvalue weighted by Gasteiger charge is -2.13. The first-order valence-corrected chi connectivity index (χ1v) is 8.20. The van der Waals surface area contributed by atoms with Crippen molar-refractivity contribution in [3.63, 3.8) is 0 Å². The molecule has 0 amide bonds. The van der Waals surface area contributed by atoms with Gasteiger partial charge in [-0.3, -0.25) is 0 Å². The maximum absolute atomic E-state index is 5.54. The van der Waals surface area contributed by atoms with Crippen molar-refractivity contribution in [2.24, 2.45) is 0 Å². The monoisotopic (exact) mass is 321 g/mol. The maximum Gasteiger partial charge on any atom is 0.123 e. The van der Waals surface area contributed by atoms with Crippen LogP contribution in [0.2, 0.25) is 0 Å². The van der Waals surface area contributed by atoms with E-state index in [1.807, 2.05) is 18.2 Å². The first kappa shape index (κ1) is 16.3. The number of hydrogen-bond acceptors (Lipinski definition) is 3. The van der Waals surface area contributed by atoms with E-state index in [1.54, 1.807) is 14.2 Å². The Labute approximate surface area is 143 Å². The third kappa shape index (κ3) is 3.69. The molecule has 0 fully saturated rings. The fourth-order valence-electron chi connectivity index (χ4n) is 2.93. The Morgan fingerprint density at radius 3 is 2.38 bits per heavy atom. The first-order chi connectivity index (χ1) is 11.8. The van der Waals surface area contributed by atoms with Crippen LogP contribution in [0.3, 0.4) is 0 Å². The molecule has 0 bridgehead atoms. The zero-order chi connectivity index (χ0) is 16.8. The van der Waals surface area contributed by atoms with Crippen LogP contribution < -0.4 is 14.8 Å². The van der Waals surface area contributed by atoms with Crippen LogP contribution in [-0.2, 0) is 13.0 Å². The summed E-state index contributed by atoms with van der Waals surface area (Å²) in [5.41, 5.74) is 2.51. The summed E-state index contributed by atoms with van der Waals surface area (Å²) < 4.78 is 10.7. The number of methoxy groups -OCH3 is 2. The van der Waals surface area contributed by atoms with Crippen molar-refractivity contribution < 1.29 is 9.47 Å². The second kappa shape index (κ2) is 7.84. The number of rotatable bonds is 7. The van der Waals surface area contributed by atoms with E-state index in [4.69, 9.17) is 9.47 Å². The molecule has 0 spiro atoms. The number of nitrogens with one attached hydrogen (secondary N) is 1. The van der Waals surface area contributed by atoms with Gasteiger partial charge in [-0.2, -0.15) is 0 Å². The normalized spacial score (nSPS) is 10.8. The molecule has 0 atom stereocenters. The predicted octanol–water partition coefficient (Wildman–Crippen LogP) is 4.19. The average Bonchev–Trinajstić information content (AvgIpc) is 2.65. The molecule has 3 heteroatoms. The minimum atomic E-state index is 0.792. The van der Waals surface area contributed by atoms with E-state index in [2.05, 4.69) is 47.8 Å².